The van der Waals surface area contributed by atoms with Gasteiger partial charge in [0.15, 0.2) is 5.82 Å². The van der Waals surface area contributed by atoms with Crippen LogP contribution in [0.15, 0.2) is 30.6 Å². The lowest BCUT2D eigenvalue weighted by molar-refractivity contribution is 0.106. The van der Waals surface area contributed by atoms with E-state index in [1.165, 1.54) is 11.9 Å². The van der Waals surface area contributed by atoms with E-state index >= 15 is 0 Å². The molecule has 1 atom stereocenters. The Labute approximate surface area is 143 Å². The molecule has 0 spiro atoms. The highest BCUT2D eigenvalue weighted by Gasteiger charge is 2.34. The molecular formula is C16H16N4O5. The monoisotopic (exact) mass is 344 g/mol. The van der Waals surface area contributed by atoms with Crippen LogP contribution in [0.4, 0.5) is 15.3 Å². The van der Waals surface area contributed by atoms with Gasteiger partial charge in [-0.2, -0.15) is 0 Å². The lowest BCUT2D eigenvalue weighted by atomic mass is 10.2. The highest BCUT2D eigenvalue weighted by atomic mass is 16.6. The summed E-state index contributed by atoms with van der Waals surface area (Å²) in [6.45, 7) is 0.767. The number of aromatic nitrogens is 2. The Hall–Kier alpha value is -3.23. The maximum atomic E-state index is 12.1. The van der Waals surface area contributed by atoms with Crippen molar-refractivity contribution in [2.45, 2.75) is 12.7 Å². The number of carbonyl (C=O) groups is 2. The van der Waals surface area contributed by atoms with Crippen molar-refractivity contribution in [1.29, 1.82) is 0 Å². The molecule has 4 rings (SSSR count). The van der Waals surface area contributed by atoms with E-state index in [0.29, 0.717) is 18.0 Å². The summed E-state index contributed by atoms with van der Waals surface area (Å²) in [5.41, 5.74) is 1.50. The SMILES string of the molecule is CN(C[C@H]1CN(c2ccc3c(c2)OCc2nccn2-3)C(=O)O1)C(=O)O. The number of carboxylic acid groups (broad SMARTS) is 1. The first-order valence-electron chi connectivity index (χ1n) is 7.74. The third-order valence-electron chi connectivity index (χ3n) is 4.27. The number of nitrogens with zero attached hydrogens (tertiary/aromatic N) is 4. The second kappa shape index (κ2) is 5.69. The number of amides is 2. The minimum Gasteiger partial charge on any atom is -0.483 e. The molecule has 3 heterocycles. The first-order valence-corrected chi connectivity index (χ1v) is 7.74. The number of carbonyl (C=O) groups excluding carboxylic acids is 1. The minimum absolute atomic E-state index is 0.122. The van der Waals surface area contributed by atoms with E-state index in [1.807, 2.05) is 22.9 Å². The second-order valence-electron chi connectivity index (χ2n) is 5.93. The minimum atomic E-state index is -1.06. The molecule has 1 aromatic heterocycles. The Morgan fingerprint density at radius 2 is 2.32 bits per heavy atom. The van der Waals surface area contributed by atoms with Gasteiger partial charge in [0, 0.05) is 25.5 Å². The molecule has 2 aliphatic heterocycles. The zero-order valence-electron chi connectivity index (χ0n) is 13.5. The van der Waals surface area contributed by atoms with Crippen LogP contribution in [0.25, 0.3) is 5.69 Å². The quantitative estimate of drug-likeness (QED) is 0.910. The van der Waals surface area contributed by atoms with Crippen LogP contribution in [-0.2, 0) is 11.3 Å². The fraction of sp³-hybridized carbons (Fsp3) is 0.312. The molecule has 0 saturated carbocycles. The van der Waals surface area contributed by atoms with Crippen molar-refractivity contribution in [2.24, 2.45) is 0 Å². The van der Waals surface area contributed by atoms with Crippen LogP contribution in [0.5, 0.6) is 5.75 Å². The molecule has 9 nitrogen and oxygen atoms in total. The number of likely N-dealkylation sites (N-methyl/N-ethyl adjacent to an activating group) is 1. The van der Waals surface area contributed by atoms with Crippen LogP contribution in [0.3, 0.4) is 0 Å². The molecule has 25 heavy (non-hydrogen) atoms. The number of ether oxygens (including phenoxy) is 2. The van der Waals surface area contributed by atoms with Crippen molar-refractivity contribution in [2.75, 3.05) is 25.0 Å². The topological polar surface area (TPSA) is 97.1 Å². The van der Waals surface area contributed by atoms with Crippen molar-refractivity contribution in [1.82, 2.24) is 14.5 Å². The number of anilines is 1. The van der Waals surface area contributed by atoms with Gasteiger partial charge >= 0.3 is 12.2 Å². The summed E-state index contributed by atoms with van der Waals surface area (Å²) >= 11 is 0. The molecule has 0 unspecified atom stereocenters. The molecule has 0 radical (unpaired) electrons. The van der Waals surface area contributed by atoms with Gasteiger partial charge in [0.2, 0.25) is 0 Å². The van der Waals surface area contributed by atoms with Gasteiger partial charge in [0.05, 0.1) is 24.5 Å². The van der Waals surface area contributed by atoms with Gasteiger partial charge in [0.1, 0.15) is 18.5 Å². The van der Waals surface area contributed by atoms with Crippen molar-refractivity contribution in [3.63, 3.8) is 0 Å². The highest BCUT2D eigenvalue weighted by Crippen LogP contribution is 2.34. The summed E-state index contributed by atoms with van der Waals surface area (Å²) in [7, 11) is 1.44. The summed E-state index contributed by atoms with van der Waals surface area (Å²) in [5.74, 6) is 1.47. The summed E-state index contributed by atoms with van der Waals surface area (Å²) in [4.78, 5) is 29.8. The molecule has 2 aromatic rings. The molecule has 0 aliphatic carbocycles. The van der Waals surface area contributed by atoms with Crippen LogP contribution in [0.2, 0.25) is 0 Å². The summed E-state index contributed by atoms with van der Waals surface area (Å²) in [6.07, 6.45) is 1.50. The third kappa shape index (κ3) is 2.63. The predicted octanol–water partition coefficient (Wildman–Crippen LogP) is 1.70. The molecule has 1 fully saturated rings. The van der Waals surface area contributed by atoms with Gasteiger partial charge in [-0.25, -0.2) is 14.6 Å². The average molecular weight is 344 g/mol. The number of hydrogen-bond donors (Lipinski definition) is 1. The smallest absolute Gasteiger partial charge is 0.414 e. The van der Waals surface area contributed by atoms with Crippen molar-refractivity contribution in [3.8, 4) is 11.4 Å². The maximum absolute atomic E-state index is 12.1. The van der Waals surface area contributed by atoms with Gasteiger partial charge in [-0.3, -0.25) is 9.47 Å². The Morgan fingerprint density at radius 1 is 1.48 bits per heavy atom. The Balaban J connectivity index is 1.55. The fourth-order valence-corrected chi connectivity index (χ4v) is 3.00. The maximum Gasteiger partial charge on any atom is 0.414 e. The Kier molecular flexibility index (Phi) is 3.48. The number of cyclic esters (lactones) is 1. The van der Waals surface area contributed by atoms with Gasteiger partial charge in [-0.05, 0) is 12.1 Å². The van der Waals surface area contributed by atoms with E-state index in [2.05, 4.69) is 4.98 Å². The van der Waals surface area contributed by atoms with Crippen molar-refractivity contribution >= 4 is 17.9 Å². The molecule has 1 N–H and O–H groups in total. The molecule has 1 saturated heterocycles. The molecule has 0 bridgehead atoms. The second-order valence-corrected chi connectivity index (χ2v) is 5.93. The van der Waals surface area contributed by atoms with E-state index in [-0.39, 0.29) is 13.1 Å². The number of imidazole rings is 1. The molecule has 2 amide bonds. The predicted molar refractivity (Wildman–Crippen MR) is 86.2 cm³/mol. The number of hydrogen-bond acceptors (Lipinski definition) is 5. The number of benzene rings is 1. The summed E-state index contributed by atoms with van der Waals surface area (Å²) in [5, 5.41) is 8.93. The summed E-state index contributed by atoms with van der Waals surface area (Å²) in [6, 6.07) is 5.45. The number of rotatable bonds is 3. The van der Waals surface area contributed by atoms with Crippen LogP contribution in [0, 0.1) is 0 Å². The van der Waals surface area contributed by atoms with E-state index in [4.69, 9.17) is 14.6 Å². The van der Waals surface area contributed by atoms with Crippen molar-refractivity contribution in [3.05, 3.63) is 36.4 Å². The van der Waals surface area contributed by atoms with Gasteiger partial charge in [-0.15, -0.1) is 0 Å². The first kappa shape index (κ1) is 15.3. The average Bonchev–Trinajstić information content (AvgIpc) is 3.20. The van der Waals surface area contributed by atoms with E-state index in [1.54, 1.807) is 12.3 Å². The van der Waals surface area contributed by atoms with E-state index in [9.17, 15) is 9.59 Å². The Bertz CT molecular complexity index is 849. The number of fused-ring (bicyclic) bond motifs is 3. The normalized spacial score (nSPS) is 18.2. The lowest BCUT2D eigenvalue weighted by Gasteiger charge is -2.22. The standard InChI is InChI=1S/C16H16N4O5/c1-18(15(21)22)7-11-8-20(16(23)25-11)10-2-3-12-13(6-10)24-9-14-17-4-5-19(12)14/h2-6,11H,7-9H2,1H3,(H,21,22)/t11-/m0/s1. The van der Waals surface area contributed by atoms with E-state index in [0.717, 1.165) is 16.4 Å². The first-order chi connectivity index (χ1) is 12.0. The Morgan fingerprint density at radius 3 is 3.12 bits per heavy atom. The zero-order valence-corrected chi connectivity index (χ0v) is 13.5. The van der Waals surface area contributed by atoms with Gasteiger partial charge < -0.3 is 19.5 Å². The summed E-state index contributed by atoms with van der Waals surface area (Å²) < 4.78 is 12.9. The van der Waals surface area contributed by atoms with E-state index < -0.39 is 18.3 Å². The molecular weight excluding hydrogens is 328 g/mol. The zero-order chi connectivity index (χ0) is 17.6. The molecule has 1 aromatic carbocycles. The molecule has 2 aliphatic rings. The van der Waals surface area contributed by atoms with Crippen LogP contribution in [-0.4, -0.2) is 58.0 Å². The lowest BCUT2D eigenvalue weighted by Crippen LogP contribution is -2.35. The van der Waals surface area contributed by atoms with Crippen molar-refractivity contribution < 1.29 is 24.2 Å². The fourth-order valence-electron chi connectivity index (χ4n) is 3.00. The van der Waals surface area contributed by atoms with Crippen LogP contribution < -0.4 is 9.64 Å². The molecule has 130 valence electrons. The largest absolute Gasteiger partial charge is 0.483 e. The van der Waals surface area contributed by atoms with Crippen LogP contribution >= 0.6 is 0 Å². The molecule has 9 heteroatoms. The van der Waals surface area contributed by atoms with Crippen LogP contribution in [0.1, 0.15) is 5.82 Å². The third-order valence-corrected chi connectivity index (χ3v) is 4.27. The van der Waals surface area contributed by atoms with Gasteiger partial charge in [-0.1, -0.05) is 0 Å². The van der Waals surface area contributed by atoms with Gasteiger partial charge in [0.25, 0.3) is 0 Å². The highest BCUT2D eigenvalue weighted by molar-refractivity contribution is 5.90.